The van der Waals surface area contributed by atoms with Crippen molar-refractivity contribution in [2.75, 3.05) is 59.0 Å². The zero-order chi connectivity index (χ0) is 32.5. The highest BCUT2D eigenvalue weighted by molar-refractivity contribution is 6.40. The fourth-order valence-corrected chi connectivity index (χ4v) is 4.44. The van der Waals surface area contributed by atoms with Crippen LogP contribution in [0.25, 0.3) is 0 Å². The SMILES string of the molecule is CCCN(CCOc1c(Cl)cc(Cl)cc1Cl)C(=O)n1ccnc1.O=C(O)CN(CCN(CC(=O)O)CC(=O)O)CC(=O)O. The molecule has 0 spiro atoms. The van der Waals surface area contributed by atoms with Gasteiger partial charge in [-0.25, -0.2) is 9.78 Å². The van der Waals surface area contributed by atoms with E-state index in [1.807, 2.05) is 6.92 Å². The fraction of sp³-hybridized carbons (Fsp3) is 0.440. The lowest BCUT2D eigenvalue weighted by molar-refractivity contribution is -0.145. The number of hydrogen-bond acceptors (Lipinski definition) is 9. The normalized spacial score (nSPS) is 10.7. The Labute approximate surface area is 261 Å². The van der Waals surface area contributed by atoms with Crippen LogP contribution >= 0.6 is 34.8 Å². The maximum Gasteiger partial charge on any atom is 0.329 e. The summed E-state index contributed by atoms with van der Waals surface area (Å²) in [5.74, 6) is -4.55. The van der Waals surface area contributed by atoms with E-state index in [4.69, 9.17) is 60.0 Å². The molecule has 0 aliphatic heterocycles. The highest BCUT2D eigenvalue weighted by atomic mass is 35.5. The number of carbonyl (C=O) groups excluding carboxylic acids is 1. The van der Waals surface area contributed by atoms with Gasteiger partial charge in [0, 0.05) is 37.1 Å². The van der Waals surface area contributed by atoms with E-state index in [1.165, 1.54) is 10.9 Å². The zero-order valence-corrected chi connectivity index (χ0v) is 25.3. The Hall–Kier alpha value is -3.63. The van der Waals surface area contributed by atoms with Gasteiger partial charge in [-0.2, -0.15) is 0 Å². The molecular formula is C25H32Cl3N5O10. The Morgan fingerprint density at radius 2 is 1.26 bits per heavy atom. The van der Waals surface area contributed by atoms with E-state index < -0.39 is 50.1 Å². The minimum absolute atomic E-state index is 0.0703. The molecule has 15 nitrogen and oxygen atoms in total. The minimum atomic E-state index is -1.23. The van der Waals surface area contributed by atoms with Gasteiger partial charge in [0.1, 0.15) is 12.9 Å². The van der Waals surface area contributed by atoms with Gasteiger partial charge in [0.15, 0.2) is 5.75 Å². The number of amides is 1. The van der Waals surface area contributed by atoms with E-state index in [1.54, 1.807) is 29.4 Å². The summed E-state index contributed by atoms with van der Waals surface area (Å²) in [4.78, 5) is 62.3. The fourth-order valence-electron chi connectivity index (χ4n) is 3.51. The number of nitrogens with zero attached hydrogens (tertiary/aromatic N) is 5. The van der Waals surface area contributed by atoms with E-state index in [0.29, 0.717) is 33.9 Å². The van der Waals surface area contributed by atoms with Gasteiger partial charge in [-0.1, -0.05) is 41.7 Å². The first kappa shape index (κ1) is 37.4. The second-order valence-electron chi connectivity index (χ2n) is 8.78. The van der Waals surface area contributed by atoms with E-state index in [9.17, 15) is 24.0 Å². The molecule has 2 rings (SSSR count). The van der Waals surface area contributed by atoms with Crippen molar-refractivity contribution in [3.05, 3.63) is 45.9 Å². The molecule has 0 bridgehead atoms. The number of ether oxygens (including phenoxy) is 1. The lowest BCUT2D eigenvalue weighted by atomic mass is 10.3. The maximum absolute atomic E-state index is 12.3. The van der Waals surface area contributed by atoms with Gasteiger partial charge in [0.2, 0.25) is 0 Å². The van der Waals surface area contributed by atoms with E-state index >= 15 is 0 Å². The van der Waals surface area contributed by atoms with Crippen molar-refractivity contribution in [1.82, 2.24) is 24.3 Å². The molecule has 43 heavy (non-hydrogen) atoms. The summed E-state index contributed by atoms with van der Waals surface area (Å²) < 4.78 is 7.05. The summed E-state index contributed by atoms with van der Waals surface area (Å²) >= 11 is 18.0. The number of halogens is 3. The smallest absolute Gasteiger partial charge is 0.329 e. The van der Waals surface area contributed by atoms with Crippen molar-refractivity contribution in [2.45, 2.75) is 13.3 Å². The molecule has 238 valence electrons. The number of imidazole rings is 1. The number of benzene rings is 1. The molecule has 1 aromatic heterocycles. The third-order valence-corrected chi connectivity index (χ3v) is 6.01. The van der Waals surface area contributed by atoms with Crippen LogP contribution in [-0.2, 0) is 19.2 Å². The van der Waals surface area contributed by atoms with Crippen LogP contribution in [0.2, 0.25) is 15.1 Å². The van der Waals surface area contributed by atoms with Crippen LogP contribution in [0.4, 0.5) is 4.79 Å². The van der Waals surface area contributed by atoms with Gasteiger partial charge in [0.25, 0.3) is 0 Å². The molecule has 1 heterocycles. The second-order valence-corrected chi connectivity index (χ2v) is 10.0. The third kappa shape index (κ3) is 15.4. The van der Waals surface area contributed by atoms with Crippen molar-refractivity contribution in [3.63, 3.8) is 0 Å². The molecule has 1 amide bonds. The third-order valence-electron chi connectivity index (χ3n) is 5.23. The molecular weight excluding hydrogens is 637 g/mol. The number of carboxylic acid groups (broad SMARTS) is 4. The Morgan fingerprint density at radius 1 is 0.791 bits per heavy atom. The van der Waals surface area contributed by atoms with Gasteiger partial charge < -0.3 is 30.1 Å². The van der Waals surface area contributed by atoms with Crippen molar-refractivity contribution in [1.29, 1.82) is 0 Å². The molecule has 2 aromatic rings. The van der Waals surface area contributed by atoms with Crippen LogP contribution in [-0.4, -0.2) is 134 Å². The topological polar surface area (TPSA) is 203 Å². The molecule has 0 saturated carbocycles. The van der Waals surface area contributed by atoms with Gasteiger partial charge in [-0.15, -0.1) is 0 Å². The first-order chi connectivity index (χ1) is 20.2. The Balaban J connectivity index is 0.000000436. The average Bonchev–Trinajstić information content (AvgIpc) is 3.42. The second kappa shape index (κ2) is 19.5. The number of hydrogen-bond donors (Lipinski definition) is 4. The number of aromatic nitrogens is 2. The quantitative estimate of drug-likeness (QED) is 0.192. The number of carboxylic acids is 4. The van der Waals surface area contributed by atoms with Crippen molar-refractivity contribution < 1.29 is 49.1 Å². The summed E-state index contributed by atoms with van der Waals surface area (Å²) in [7, 11) is 0. The van der Waals surface area contributed by atoms with Gasteiger partial charge in [-0.3, -0.25) is 33.5 Å². The van der Waals surface area contributed by atoms with Gasteiger partial charge >= 0.3 is 29.9 Å². The maximum atomic E-state index is 12.3. The zero-order valence-electron chi connectivity index (χ0n) is 23.1. The highest BCUT2D eigenvalue weighted by Gasteiger charge is 2.18. The molecule has 18 heteroatoms. The van der Waals surface area contributed by atoms with Crippen molar-refractivity contribution in [2.24, 2.45) is 0 Å². The van der Waals surface area contributed by atoms with Gasteiger partial charge in [0.05, 0.1) is 42.8 Å². The summed E-state index contributed by atoms with van der Waals surface area (Å²) in [5.41, 5.74) is 0. The molecule has 0 fully saturated rings. The lowest BCUT2D eigenvalue weighted by Crippen LogP contribution is -2.43. The van der Waals surface area contributed by atoms with Crippen molar-refractivity contribution in [3.8, 4) is 5.75 Å². The Morgan fingerprint density at radius 3 is 1.63 bits per heavy atom. The number of carbonyl (C=O) groups is 5. The van der Waals surface area contributed by atoms with Crippen LogP contribution < -0.4 is 4.74 Å². The average molecular weight is 669 g/mol. The monoisotopic (exact) mass is 667 g/mol. The van der Waals surface area contributed by atoms with Crippen LogP contribution in [0.5, 0.6) is 5.75 Å². The molecule has 0 saturated heterocycles. The van der Waals surface area contributed by atoms with Crippen LogP contribution in [0.1, 0.15) is 13.3 Å². The number of rotatable bonds is 17. The highest BCUT2D eigenvalue weighted by Crippen LogP contribution is 2.35. The molecule has 0 aliphatic rings. The first-order valence-corrected chi connectivity index (χ1v) is 13.7. The summed E-state index contributed by atoms with van der Waals surface area (Å²) in [6.45, 7) is 1.03. The lowest BCUT2D eigenvalue weighted by Gasteiger charge is -2.23. The summed E-state index contributed by atoms with van der Waals surface area (Å²) in [6.07, 6.45) is 5.48. The molecule has 0 radical (unpaired) electrons. The summed E-state index contributed by atoms with van der Waals surface area (Å²) in [5, 5.41) is 35.6. The van der Waals surface area contributed by atoms with Crippen LogP contribution in [0, 0.1) is 0 Å². The summed E-state index contributed by atoms with van der Waals surface area (Å²) in [6, 6.07) is 2.97. The first-order valence-electron chi connectivity index (χ1n) is 12.6. The largest absolute Gasteiger partial charge is 0.489 e. The van der Waals surface area contributed by atoms with E-state index in [2.05, 4.69) is 4.98 Å². The predicted octanol–water partition coefficient (Wildman–Crippen LogP) is 2.53. The molecule has 4 N–H and O–H groups in total. The molecule has 0 unspecified atom stereocenters. The van der Waals surface area contributed by atoms with E-state index in [-0.39, 0.29) is 25.7 Å². The van der Waals surface area contributed by atoms with Crippen LogP contribution in [0.15, 0.2) is 30.9 Å². The predicted molar refractivity (Wildman–Crippen MR) is 155 cm³/mol. The molecule has 0 atom stereocenters. The molecule has 1 aromatic carbocycles. The van der Waals surface area contributed by atoms with Gasteiger partial charge in [-0.05, 0) is 18.6 Å². The Bertz CT molecular complexity index is 1140. The van der Waals surface area contributed by atoms with E-state index in [0.717, 1.165) is 16.2 Å². The Kier molecular flexibility index (Phi) is 17.0. The minimum Gasteiger partial charge on any atom is -0.489 e. The standard InChI is InChI=1S/C15H16Cl3N3O2.C10H16N2O8/c1-2-4-20(15(22)21-5-3-19-10-21)6-7-23-14-12(17)8-11(16)9-13(14)18;13-7(14)3-11(4-8(15)16)1-2-12(5-9(17)18)6-10(19)20/h3,5,8-10H,2,4,6-7H2,1H3;1-6H2,(H,13,14)(H,15,16)(H,17,18)(H,19,20). The molecule has 0 aliphatic carbocycles. The van der Waals surface area contributed by atoms with Crippen LogP contribution in [0.3, 0.4) is 0 Å². The number of aliphatic carboxylic acids is 4. The van der Waals surface area contributed by atoms with Crippen molar-refractivity contribution >= 4 is 64.7 Å².